The Hall–Kier alpha value is -0.515. The van der Waals surface area contributed by atoms with E-state index in [1.165, 1.54) is 6.26 Å². The monoisotopic (exact) mass is 189 g/mol. The molecular weight excluding hydrogens is 171 g/mol. The van der Waals surface area contributed by atoms with Crippen molar-refractivity contribution in [3.8, 4) is 0 Å². The van der Waals surface area contributed by atoms with Crippen molar-refractivity contribution in [1.29, 1.82) is 0 Å². The van der Waals surface area contributed by atoms with Crippen LogP contribution in [0.1, 0.15) is 27.7 Å². The molecule has 0 fully saturated rings. The summed E-state index contributed by atoms with van der Waals surface area (Å²) in [5.41, 5.74) is -1.42. The maximum atomic E-state index is 9.50. The summed E-state index contributed by atoms with van der Waals surface area (Å²) >= 11 is 0. The van der Waals surface area contributed by atoms with Gasteiger partial charge in [0.15, 0.2) is 0 Å². The Morgan fingerprint density at radius 1 is 1.23 bits per heavy atom. The van der Waals surface area contributed by atoms with Crippen molar-refractivity contribution in [3.63, 3.8) is 0 Å². The Balaban J connectivity index is 0. The molecule has 0 aromatic heterocycles. The van der Waals surface area contributed by atoms with Gasteiger partial charge in [0.25, 0.3) is 0 Å². The fourth-order valence-corrected chi connectivity index (χ4v) is 0.353. The van der Waals surface area contributed by atoms with Gasteiger partial charge < -0.3 is 19.9 Å². The lowest BCUT2D eigenvalue weighted by atomic mass is 9.90. The number of rotatable bonds is 3. The highest BCUT2D eigenvalue weighted by Gasteiger charge is 2.35. The van der Waals surface area contributed by atoms with Crippen LogP contribution in [0.3, 0.4) is 0 Å². The van der Waals surface area contributed by atoms with Crippen LogP contribution >= 0.6 is 0 Å². The van der Waals surface area contributed by atoms with Gasteiger partial charge in [0.1, 0.15) is 5.60 Å². The average Bonchev–Trinajstić information content (AvgIpc) is 1.85. The molecule has 77 valence electrons. The molecule has 4 nitrogen and oxygen atoms in total. The molecule has 0 aliphatic heterocycles. The minimum atomic E-state index is -0.846. The lowest BCUT2D eigenvalue weighted by molar-refractivity contribution is -0.113. The summed E-state index contributed by atoms with van der Waals surface area (Å²) < 4.78 is 5.11. The van der Waals surface area contributed by atoms with Crippen LogP contribution < -0.4 is 0 Å². The van der Waals surface area contributed by atoms with Gasteiger partial charge in [-0.15, -0.1) is 0 Å². The second kappa shape index (κ2) is 6.02. The smallest absolute Gasteiger partial charge is 0.482 e. The summed E-state index contributed by atoms with van der Waals surface area (Å²) in [5, 5.41) is 23.5. The van der Waals surface area contributed by atoms with Crippen LogP contribution in [0.2, 0.25) is 0 Å². The third kappa shape index (κ3) is 6.63. The van der Waals surface area contributed by atoms with Gasteiger partial charge in [-0.25, -0.2) is 0 Å². The van der Waals surface area contributed by atoms with Crippen molar-refractivity contribution >= 4 is 7.69 Å². The van der Waals surface area contributed by atoms with Crippen molar-refractivity contribution in [3.05, 3.63) is 12.8 Å². The zero-order chi connectivity index (χ0) is 11.1. The molecule has 0 saturated heterocycles. The maximum Gasteiger partial charge on any atom is 0.482 e. The van der Waals surface area contributed by atoms with Crippen LogP contribution in [0.15, 0.2) is 12.8 Å². The summed E-state index contributed by atoms with van der Waals surface area (Å²) in [4.78, 5) is 0. The Labute approximate surface area is 80.2 Å². The normalized spacial score (nSPS) is 11.0. The molecule has 0 bridgehead atoms. The molecule has 0 spiro atoms. The molecule has 0 aliphatic rings. The third-order valence-corrected chi connectivity index (χ3v) is 1.85. The van der Waals surface area contributed by atoms with E-state index in [1.807, 2.05) is 13.8 Å². The van der Waals surface area contributed by atoms with Crippen molar-refractivity contribution in [2.24, 2.45) is 0 Å². The average molecular weight is 189 g/mol. The van der Waals surface area contributed by atoms with Gasteiger partial charge in [0, 0.05) is 0 Å². The molecule has 13 heavy (non-hydrogen) atoms. The molecule has 0 aromatic rings. The Bertz CT molecular complexity index is 140. The van der Waals surface area contributed by atoms with Crippen LogP contribution in [-0.2, 0) is 4.74 Å². The number of hydrogen-bond donors (Lipinski definition) is 3. The fourth-order valence-electron chi connectivity index (χ4n) is 0.353. The quantitative estimate of drug-likeness (QED) is 0.438. The summed E-state index contributed by atoms with van der Waals surface area (Å²) in [7, 11) is 0. The molecule has 0 saturated carbocycles. The molecule has 1 radical (unpaired) electrons. The van der Waals surface area contributed by atoms with Gasteiger partial charge >= 0.3 is 7.69 Å². The van der Waals surface area contributed by atoms with Crippen LogP contribution in [0.4, 0.5) is 0 Å². The van der Waals surface area contributed by atoms with Gasteiger partial charge in [-0.2, -0.15) is 0 Å². The second-order valence-electron chi connectivity index (χ2n) is 3.47. The first-order valence-corrected chi connectivity index (χ1v) is 3.84. The van der Waals surface area contributed by atoms with E-state index >= 15 is 0 Å². The topological polar surface area (TPSA) is 69.9 Å². The zero-order valence-electron chi connectivity index (χ0n) is 8.61. The third-order valence-electron chi connectivity index (χ3n) is 1.85. The first-order valence-electron chi connectivity index (χ1n) is 3.84. The number of aliphatic hydroxyl groups is 1. The molecule has 0 heterocycles. The van der Waals surface area contributed by atoms with Gasteiger partial charge in [0.2, 0.25) is 0 Å². The SMILES string of the molecule is C=COC(C)(C)C(C)(C)O.O[B]O. The molecule has 0 rings (SSSR count). The summed E-state index contributed by atoms with van der Waals surface area (Å²) in [6.07, 6.45) is 1.35. The van der Waals surface area contributed by atoms with Crippen molar-refractivity contribution < 1.29 is 19.9 Å². The highest BCUT2D eigenvalue weighted by atomic mass is 16.5. The number of hydrogen-bond acceptors (Lipinski definition) is 4. The van der Waals surface area contributed by atoms with Gasteiger partial charge in [-0.1, -0.05) is 6.58 Å². The molecular formula is C8H18BO4. The van der Waals surface area contributed by atoms with E-state index in [9.17, 15) is 5.11 Å². The predicted octanol–water partition coefficient (Wildman–Crippen LogP) is 0.201. The standard InChI is InChI=1S/C8H16O2.BH2O2/c1-6-10-8(4,5)7(2,3)9;2-1-3/h6,9H,1H2,2-5H3;2-3H. The Morgan fingerprint density at radius 3 is 1.62 bits per heavy atom. The van der Waals surface area contributed by atoms with E-state index in [1.54, 1.807) is 13.8 Å². The van der Waals surface area contributed by atoms with E-state index in [4.69, 9.17) is 14.8 Å². The van der Waals surface area contributed by atoms with Crippen LogP contribution in [0.5, 0.6) is 0 Å². The Morgan fingerprint density at radius 2 is 1.54 bits per heavy atom. The second-order valence-corrected chi connectivity index (χ2v) is 3.47. The molecule has 0 aromatic carbocycles. The first kappa shape index (κ1) is 15.0. The highest BCUT2D eigenvalue weighted by Crippen LogP contribution is 2.24. The predicted molar refractivity (Wildman–Crippen MR) is 51.9 cm³/mol. The molecule has 0 amide bonds. The van der Waals surface area contributed by atoms with Crippen LogP contribution in [-0.4, -0.2) is 34.0 Å². The van der Waals surface area contributed by atoms with E-state index in [2.05, 4.69) is 6.58 Å². The summed E-state index contributed by atoms with van der Waals surface area (Å²) in [6.45, 7) is 10.5. The van der Waals surface area contributed by atoms with Crippen molar-refractivity contribution in [2.45, 2.75) is 38.9 Å². The van der Waals surface area contributed by atoms with E-state index in [0.29, 0.717) is 0 Å². The lowest BCUT2D eigenvalue weighted by Gasteiger charge is -2.35. The Kier molecular flexibility index (Phi) is 6.93. The molecule has 0 atom stereocenters. The lowest BCUT2D eigenvalue weighted by Crippen LogP contribution is -2.46. The van der Waals surface area contributed by atoms with Gasteiger partial charge in [-0.3, -0.25) is 0 Å². The summed E-state index contributed by atoms with van der Waals surface area (Å²) in [6, 6.07) is 0. The minimum absolute atomic E-state index is 0. The van der Waals surface area contributed by atoms with E-state index in [0.717, 1.165) is 0 Å². The highest BCUT2D eigenvalue weighted by molar-refractivity contribution is 6.13. The number of ether oxygens (including phenoxy) is 1. The molecule has 0 aliphatic carbocycles. The molecule has 0 unspecified atom stereocenters. The molecule has 5 heteroatoms. The van der Waals surface area contributed by atoms with Crippen molar-refractivity contribution in [2.75, 3.05) is 0 Å². The largest absolute Gasteiger partial charge is 0.493 e. The summed E-state index contributed by atoms with van der Waals surface area (Å²) in [5.74, 6) is 0. The zero-order valence-corrected chi connectivity index (χ0v) is 8.61. The van der Waals surface area contributed by atoms with Crippen LogP contribution in [0, 0.1) is 0 Å². The van der Waals surface area contributed by atoms with Gasteiger partial charge in [-0.05, 0) is 27.7 Å². The van der Waals surface area contributed by atoms with Gasteiger partial charge in [0.05, 0.1) is 11.9 Å². The molecule has 3 N–H and O–H groups in total. The fraction of sp³-hybridized carbons (Fsp3) is 0.750. The minimum Gasteiger partial charge on any atom is -0.493 e. The van der Waals surface area contributed by atoms with E-state index in [-0.39, 0.29) is 7.69 Å². The van der Waals surface area contributed by atoms with Crippen LogP contribution in [0.25, 0.3) is 0 Å². The maximum absolute atomic E-state index is 9.50. The van der Waals surface area contributed by atoms with Crippen molar-refractivity contribution in [1.82, 2.24) is 0 Å². The first-order chi connectivity index (χ1) is 5.72. The van der Waals surface area contributed by atoms with E-state index < -0.39 is 11.2 Å².